The Morgan fingerprint density at radius 2 is 2.38 bits per heavy atom. The molecular weight excluding hydrogens is 220 g/mol. The van der Waals surface area contributed by atoms with E-state index in [9.17, 15) is 4.79 Å². The van der Waals surface area contributed by atoms with Crippen LogP contribution in [0.4, 0.5) is 0 Å². The van der Waals surface area contributed by atoms with Crippen molar-refractivity contribution in [2.45, 2.75) is 45.7 Å². The Morgan fingerprint density at radius 1 is 1.62 bits per heavy atom. The molecule has 0 aliphatic rings. The van der Waals surface area contributed by atoms with Gasteiger partial charge in [-0.2, -0.15) is 0 Å². The van der Waals surface area contributed by atoms with E-state index in [1.54, 1.807) is 11.3 Å². The number of amides is 1. The molecule has 1 aromatic heterocycles. The average Bonchev–Trinajstić information content (AvgIpc) is 2.72. The predicted octanol–water partition coefficient (Wildman–Crippen LogP) is 2.52. The van der Waals surface area contributed by atoms with Gasteiger partial charge in [-0.3, -0.25) is 4.79 Å². The van der Waals surface area contributed by atoms with Crippen LogP contribution in [0.5, 0.6) is 0 Å². The van der Waals surface area contributed by atoms with Crippen molar-refractivity contribution in [3.05, 3.63) is 21.9 Å². The second-order valence-corrected chi connectivity index (χ2v) is 5.09. The van der Waals surface area contributed by atoms with E-state index in [0.29, 0.717) is 11.6 Å². The summed E-state index contributed by atoms with van der Waals surface area (Å²) in [7, 11) is 0. The molecule has 0 spiro atoms. The van der Waals surface area contributed by atoms with E-state index in [2.05, 4.69) is 19.2 Å². The minimum atomic E-state index is -0.346. The standard InChI is InChI=1S/C12H20N2OS/c1-3-4-5-9(2)14-7-11-6-10(8-16-11)12(13)15/h6,8-9,14H,3-5,7H2,1-2H3,(H2,13,15). The highest BCUT2D eigenvalue weighted by molar-refractivity contribution is 7.10. The summed E-state index contributed by atoms with van der Waals surface area (Å²) in [5.41, 5.74) is 5.81. The fraction of sp³-hybridized carbons (Fsp3) is 0.583. The maximum absolute atomic E-state index is 10.9. The van der Waals surface area contributed by atoms with Gasteiger partial charge in [0.2, 0.25) is 5.91 Å². The zero-order valence-electron chi connectivity index (χ0n) is 9.95. The number of rotatable bonds is 7. The molecule has 0 fully saturated rings. The number of thiophene rings is 1. The first-order valence-corrected chi connectivity index (χ1v) is 6.62. The third kappa shape index (κ3) is 4.33. The molecule has 0 aliphatic carbocycles. The van der Waals surface area contributed by atoms with Crippen molar-refractivity contribution < 1.29 is 4.79 Å². The van der Waals surface area contributed by atoms with E-state index in [0.717, 1.165) is 11.4 Å². The fourth-order valence-corrected chi connectivity index (χ4v) is 2.31. The first kappa shape index (κ1) is 13.2. The highest BCUT2D eigenvalue weighted by Crippen LogP contribution is 2.14. The van der Waals surface area contributed by atoms with Crippen molar-refractivity contribution in [1.82, 2.24) is 5.32 Å². The number of carbonyl (C=O) groups is 1. The second kappa shape index (κ2) is 6.66. The maximum Gasteiger partial charge on any atom is 0.249 e. The van der Waals surface area contributed by atoms with Crippen LogP contribution < -0.4 is 11.1 Å². The first-order chi connectivity index (χ1) is 7.63. The van der Waals surface area contributed by atoms with Gasteiger partial charge >= 0.3 is 0 Å². The summed E-state index contributed by atoms with van der Waals surface area (Å²) in [6.07, 6.45) is 3.69. The number of carbonyl (C=O) groups excluding carboxylic acids is 1. The molecule has 1 atom stereocenters. The van der Waals surface area contributed by atoms with E-state index in [1.807, 2.05) is 11.4 Å². The quantitative estimate of drug-likeness (QED) is 0.769. The lowest BCUT2D eigenvalue weighted by Gasteiger charge is -2.11. The van der Waals surface area contributed by atoms with Crippen molar-refractivity contribution in [3.8, 4) is 0 Å². The minimum absolute atomic E-state index is 0.346. The van der Waals surface area contributed by atoms with Gasteiger partial charge in [0.1, 0.15) is 0 Å². The molecule has 0 aliphatic heterocycles. The number of nitrogens with one attached hydrogen (secondary N) is 1. The Balaban J connectivity index is 2.33. The second-order valence-electron chi connectivity index (χ2n) is 4.09. The maximum atomic E-state index is 10.9. The van der Waals surface area contributed by atoms with E-state index in [1.165, 1.54) is 19.3 Å². The van der Waals surface area contributed by atoms with Crippen LogP contribution in [0.15, 0.2) is 11.4 Å². The van der Waals surface area contributed by atoms with E-state index >= 15 is 0 Å². The van der Waals surface area contributed by atoms with Gasteiger partial charge in [0.05, 0.1) is 5.56 Å². The van der Waals surface area contributed by atoms with Crippen LogP contribution in [-0.4, -0.2) is 11.9 Å². The summed E-state index contributed by atoms with van der Waals surface area (Å²) in [6, 6.07) is 2.39. The SMILES string of the molecule is CCCCC(C)NCc1cc(C(N)=O)cs1. The number of nitrogens with two attached hydrogens (primary N) is 1. The van der Waals surface area contributed by atoms with Gasteiger partial charge in [0.15, 0.2) is 0 Å². The summed E-state index contributed by atoms with van der Waals surface area (Å²) in [6.45, 7) is 5.21. The third-order valence-electron chi connectivity index (χ3n) is 2.55. The Labute approximate surface area is 101 Å². The van der Waals surface area contributed by atoms with E-state index in [4.69, 9.17) is 5.73 Å². The van der Waals surface area contributed by atoms with Gasteiger partial charge in [-0.1, -0.05) is 19.8 Å². The molecular formula is C12H20N2OS. The molecule has 4 heteroatoms. The highest BCUT2D eigenvalue weighted by Gasteiger charge is 2.06. The van der Waals surface area contributed by atoms with Crippen molar-refractivity contribution in [2.75, 3.05) is 0 Å². The normalized spacial score (nSPS) is 12.6. The lowest BCUT2D eigenvalue weighted by Crippen LogP contribution is -2.24. The minimum Gasteiger partial charge on any atom is -0.366 e. The predicted molar refractivity (Wildman–Crippen MR) is 68.7 cm³/mol. The smallest absolute Gasteiger partial charge is 0.249 e. The highest BCUT2D eigenvalue weighted by atomic mass is 32.1. The van der Waals surface area contributed by atoms with Crippen LogP contribution in [0, 0.1) is 0 Å². The van der Waals surface area contributed by atoms with Crippen LogP contribution in [0.1, 0.15) is 48.3 Å². The van der Waals surface area contributed by atoms with Crippen LogP contribution in [0.2, 0.25) is 0 Å². The van der Waals surface area contributed by atoms with Crippen LogP contribution in [-0.2, 0) is 6.54 Å². The Morgan fingerprint density at radius 3 is 2.94 bits per heavy atom. The fourth-order valence-electron chi connectivity index (χ4n) is 1.49. The van der Waals surface area contributed by atoms with Gasteiger partial charge in [0, 0.05) is 22.8 Å². The van der Waals surface area contributed by atoms with Crippen LogP contribution >= 0.6 is 11.3 Å². The molecule has 0 saturated carbocycles. The number of unbranched alkanes of at least 4 members (excludes halogenated alkanes) is 1. The topological polar surface area (TPSA) is 55.1 Å². The molecule has 0 radical (unpaired) electrons. The molecule has 1 rings (SSSR count). The first-order valence-electron chi connectivity index (χ1n) is 5.74. The van der Waals surface area contributed by atoms with Crippen molar-refractivity contribution in [1.29, 1.82) is 0 Å². The molecule has 1 aromatic rings. The Bertz CT molecular complexity index is 336. The molecule has 0 bridgehead atoms. The Hall–Kier alpha value is -0.870. The van der Waals surface area contributed by atoms with Crippen LogP contribution in [0.3, 0.4) is 0 Å². The molecule has 3 N–H and O–H groups in total. The molecule has 1 amide bonds. The molecule has 1 unspecified atom stereocenters. The molecule has 3 nitrogen and oxygen atoms in total. The number of primary amides is 1. The lowest BCUT2D eigenvalue weighted by atomic mass is 10.1. The van der Waals surface area contributed by atoms with E-state index < -0.39 is 0 Å². The molecule has 16 heavy (non-hydrogen) atoms. The molecule has 90 valence electrons. The number of hydrogen-bond donors (Lipinski definition) is 2. The lowest BCUT2D eigenvalue weighted by molar-refractivity contribution is 0.100. The molecule has 1 heterocycles. The zero-order valence-corrected chi connectivity index (χ0v) is 10.8. The van der Waals surface area contributed by atoms with Gasteiger partial charge in [-0.15, -0.1) is 11.3 Å². The van der Waals surface area contributed by atoms with Gasteiger partial charge in [0.25, 0.3) is 0 Å². The van der Waals surface area contributed by atoms with Gasteiger partial charge in [-0.25, -0.2) is 0 Å². The molecule has 0 aromatic carbocycles. The van der Waals surface area contributed by atoms with Crippen molar-refractivity contribution >= 4 is 17.2 Å². The summed E-state index contributed by atoms with van der Waals surface area (Å²) in [5, 5.41) is 5.26. The average molecular weight is 240 g/mol. The summed E-state index contributed by atoms with van der Waals surface area (Å²) >= 11 is 1.58. The van der Waals surface area contributed by atoms with E-state index in [-0.39, 0.29) is 5.91 Å². The van der Waals surface area contributed by atoms with Crippen molar-refractivity contribution in [3.63, 3.8) is 0 Å². The zero-order chi connectivity index (χ0) is 12.0. The summed E-state index contributed by atoms with van der Waals surface area (Å²) < 4.78 is 0. The summed E-state index contributed by atoms with van der Waals surface area (Å²) in [5.74, 6) is -0.346. The monoisotopic (exact) mass is 240 g/mol. The van der Waals surface area contributed by atoms with Gasteiger partial charge < -0.3 is 11.1 Å². The third-order valence-corrected chi connectivity index (χ3v) is 3.49. The number of hydrogen-bond acceptors (Lipinski definition) is 3. The Kier molecular flexibility index (Phi) is 5.49. The van der Waals surface area contributed by atoms with Crippen LogP contribution in [0.25, 0.3) is 0 Å². The summed E-state index contributed by atoms with van der Waals surface area (Å²) in [4.78, 5) is 12.1. The largest absolute Gasteiger partial charge is 0.366 e. The van der Waals surface area contributed by atoms with Gasteiger partial charge in [-0.05, 0) is 19.4 Å². The molecule has 0 saturated heterocycles. The van der Waals surface area contributed by atoms with Crippen molar-refractivity contribution in [2.24, 2.45) is 5.73 Å².